The number of hydrogen-bond acceptors (Lipinski definition) is 2. The quantitative estimate of drug-likeness (QED) is 0.738. The van der Waals surface area contributed by atoms with Gasteiger partial charge in [0.05, 0.1) is 11.1 Å². The van der Waals surface area contributed by atoms with E-state index in [9.17, 15) is 9.59 Å². The van der Waals surface area contributed by atoms with E-state index < -0.39 is 11.9 Å². The van der Waals surface area contributed by atoms with Crippen LogP contribution in [-0.2, 0) is 16.5 Å². The van der Waals surface area contributed by atoms with Gasteiger partial charge in [-0.15, -0.1) is 0 Å². The second-order valence-electron chi connectivity index (χ2n) is 2.16. The minimum Gasteiger partial charge on any atom is -0.478 e. The van der Waals surface area contributed by atoms with Crippen LogP contribution in [0.2, 0.25) is 0 Å². The average molecular weight is 225 g/mol. The Kier molecular flexibility index (Phi) is 4.14. The molecule has 4 nitrogen and oxygen atoms in total. The van der Waals surface area contributed by atoms with Crippen LogP contribution in [0, 0.1) is 0 Å². The summed E-state index contributed by atoms with van der Waals surface area (Å²) in [5.74, 6) is -2.46. The number of carbonyl (C=O) groups is 2. The Labute approximate surface area is 84.1 Å². The molecule has 5 heteroatoms. The first-order valence-corrected chi connectivity index (χ1v) is 3.18. The van der Waals surface area contributed by atoms with Crippen molar-refractivity contribution in [1.82, 2.24) is 0 Å². The van der Waals surface area contributed by atoms with Crippen molar-refractivity contribution in [3.8, 4) is 0 Å². The summed E-state index contributed by atoms with van der Waals surface area (Å²) >= 11 is 0. The number of rotatable bonds is 2. The van der Waals surface area contributed by atoms with E-state index in [1.807, 2.05) is 0 Å². The molecule has 0 saturated heterocycles. The zero-order chi connectivity index (χ0) is 9.14. The third-order valence-corrected chi connectivity index (χ3v) is 1.39. The third kappa shape index (κ3) is 2.56. The first-order chi connectivity index (χ1) is 5.63. The minimum atomic E-state index is -1.23. The molecule has 0 fully saturated rings. The van der Waals surface area contributed by atoms with Crippen molar-refractivity contribution in [2.75, 3.05) is 0 Å². The van der Waals surface area contributed by atoms with Crippen LogP contribution >= 0.6 is 0 Å². The first kappa shape index (κ1) is 11.7. The smallest absolute Gasteiger partial charge is 0.478 e. The SMILES string of the molecule is O=C(O)c1ccccc1C(=O)O.[Ni+2]. The van der Waals surface area contributed by atoms with Crippen molar-refractivity contribution >= 4 is 11.9 Å². The van der Waals surface area contributed by atoms with Gasteiger partial charge in [-0.2, -0.15) is 0 Å². The van der Waals surface area contributed by atoms with Gasteiger partial charge in [0.15, 0.2) is 0 Å². The molecule has 0 aliphatic carbocycles. The van der Waals surface area contributed by atoms with E-state index in [1.54, 1.807) is 0 Å². The molecule has 0 saturated carbocycles. The van der Waals surface area contributed by atoms with Crippen LogP contribution in [0.5, 0.6) is 0 Å². The zero-order valence-corrected chi connectivity index (χ0v) is 7.32. The summed E-state index contributed by atoms with van der Waals surface area (Å²) in [5, 5.41) is 17.1. The van der Waals surface area contributed by atoms with Crippen molar-refractivity contribution in [2.45, 2.75) is 0 Å². The Balaban J connectivity index is 0.00000144. The molecule has 0 atom stereocenters. The Hall–Kier alpha value is -1.35. The van der Waals surface area contributed by atoms with Gasteiger partial charge in [0.2, 0.25) is 0 Å². The van der Waals surface area contributed by atoms with E-state index in [-0.39, 0.29) is 27.6 Å². The molecule has 2 N–H and O–H groups in total. The van der Waals surface area contributed by atoms with E-state index in [0.29, 0.717) is 0 Å². The maximum Gasteiger partial charge on any atom is 2.00 e. The molecule has 0 spiro atoms. The molecule has 0 aromatic heterocycles. The van der Waals surface area contributed by atoms with Gasteiger partial charge in [-0.3, -0.25) is 0 Å². The Morgan fingerprint density at radius 3 is 1.46 bits per heavy atom. The summed E-state index contributed by atoms with van der Waals surface area (Å²) in [5.41, 5.74) is -0.380. The van der Waals surface area contributed by atoms with Crippen molar-refractivity contribution in [2.24, 2.45) is 0 Å². The molecule has 0 radical (unpaired) electrons. The minimum absolute atomic E-state index is 0. The van der Waals surface area contributed by atoms with Gasteiger partial charge in [-0.1, -0.05) is 12.1 Å². The van der Waals surface area contributed by atoms with Crippen LogP contribution in [0.4, 0.5) is 0 Å². The monoisotopic (exact) mass is 224 g/mol. The van der Waals surface area contributed by atoms with Gasteiger partial charge < -0.3 is 10.2 Å². The first-order valence-electron chi connectivity index (χ1n) is 3.18. The fourth-order valence-corrected chi connectivity index (χ4v) is 0.856. The van der Waals surface area contributed by atoms with Gasteiger partial charge in [0, 0.05) is 0 Å². The molecular formula is C8H6NiO4+2. The molecule has 0 heterocycles. The summed E-state index contributed by atoms with van der Waals surface area (Å²) < 4.78 is 0. The standard InChI is InChI=1S/C8H6O4.Ni/c9-7(10)5-3-1-2-4-6(5)8(11)12;/h1-4H,(H,9,10)(H,11,12);/q;+2. The molecule has 1 aromatic carbocycles. The molecule has 13 heavy (non-hydrogen) atoms. The molecule has 0 aliphatic rings. The van der Waals surface area contributed by atoms with Crippen molar-refractivity contribution < 1.29 is 36.3 Å². The molecular weight excluding hydrogens is 219 g/mol. The largest absolute Gasteiger partial charge is 2.00 e. The van der Waals surface area contributed by atoms with E-state index >= 15 is 0 Å². The Morgan fingerprint density at radius 2 is 1.23 bits per heavy atom. The van der Waals surface area contributed by atoms with E-state index in [2.05, 4.69) is 0 Å². The zero-order valence-electron chi connectivity index (χ0n) is 6.34. The van der Waals surface area contributed by atoms with E-state index in [1.165, 1.54) is 24.3 Å². The molecule has 0 aliphatic heterocycles. The fourth-order valence-electron chi connectivity index (χ4n) is 0.856. The molecule has 0 unspecified atom stereocenters. The summed E-state index contributed by atoms with van der Waals surface area (Å²) in [6.07, 6.45) is 0. The van der Waals surface area contributed by atoms with Crippen molar-refractivity contribution in [1.29, 1.82) is 0 Å². The van der Waals surface area contributed by atoms with Crippen LogP contribution in [0.1, 0.15) is 20.7 Å². The molecule has 0 bridgehead atoms. The predicted octanol–water partition coefficient (Wildman–Crippen LogP) is 1.08. The number of hydrogen-bond donors (Lipinski definition) is 2. The predicted molar refractivity (Wildman–Crippen MR) is 40.4 cm³/mol. The van der Waals surface area contributed by atoms with Gasteiger partial charge in [-0.05, 0) is 12.1 Å². The van der Waals surface area contributed by atoms with Crippen LogP contribution in [0.25, 0.3) is 0 Å². The van der Waals surface area contributed by atoms with Crippen molar-refractivity contribution in [3.63, 3.8) is 0 Å². The average Bonchev–Trinajstić information content (AvgIpc) is 2.04. The van der Waals surface area contributed by atoms with E-state index in [0.717, 1.165) is 0 Å². The Morgan fingerprint density at radius 1 is 0.923 bits per heavy atom. The van der Waals surface area contributed by atoms with Gasteiger partial charge in [-0.25, -0.2) is 9.59 Å². The molecule has 70 valence electrons. The summed E-state index contributed by atoms with van der Waals surface area (Å²) in [4.78, 5) is 20.9. The summed E-state index contributed by atoms with van der Waals surface area (Å²) in [7, 11) is 0. The normalized spacial score (nSPS) is 8.62. The summed E-state index contributed by atoms with van der Waals surface area (Å²) in [6.45, 7) is 0. The third-order valence-electron chi connectivity index (χ3n) is 1.39. The Bertz CT molecular complexity index is 302. The molecule has 0 amide bonds. The number of carboxylic acids is 2. The fraction of sp³-hybridized carbons (Fsp3) is 0. The maximum absolute atomic E-state index is 10.5. The number of benzene rings is 1. The van der Waals surface area contributed by atoms with Crippen LogP contribution in [0.3, 0.4) is 0 Å². The second-order valence-corrected chi connectivity index (χ2v) is 2.16. The molecule has 1 rings (SSSR count). The molecule has 1 aromatic rings. The maximum atomic E-state index is 10.5. The topological polar surface area (TPSA) is 74.6 Å². The van der Waals surface area contributed by atoms with Crippen molar-refractivity contribution in [3.05, 3.63) is 35.4 Å². The van der Waals surface area contributed by atoms with Gasteiger partial charge in [0.25, 0.3) is 0 Å². The summed E-state index contributed by atoms with van der Waals surface area (Å²) in [6, 6.07) is 5.48. The number of aromatic carboxylic acids is 2. The van der Waals surface area contributed by atoms with Crippen LogP contribution in [0.15, 0.2) is 24.3 Å². The van der Waals surface area contributed by atoms with Crippen LogP contribution < -0.4 is 0 Å². The van der Waals surface area contributed by atoms with Gasteiger partial charge in [0.1, 0.15) is 0 Å². The second kappa shape index (κ2) is 4.62. The van der Waals surface area contributed by atoms with Crippen LogP contribution in [-0.4, -0.2) is 22.2 Å². The number of carboxylic acid groups (broad SMARTS) is 2. The van der Waals surface area contributed by atoms with Gasteiger partial charge >= 0.3 is 28.4 Å². The van der Waals surface area contributed by atoms with E-state index in [4.69, 9.17) is 10.2 Å².